The molecule has 0 radical (unpaired) electrons. The third-order valence-electron chi connectivity index (χ3n) is 4.62. The van der Waals surface area contributed by atoms with Crippen LogP contribution in [-0.4, -0.2) is 63.5 Å². The number of amides is 2. The van der Waals surface area contributed by atoms with Crippen LogP contribution in [0.15, 0.2) is 0 Å². The van der Waals surface area contributed by atoms with Crippen LogP contribution in [0.2, 0.25) is 0 Å². The molecular formula is C15H22N2O3S2. The first-order valence-corrected chi connectivity index (χ1v) is 9.35. The lowest BCUT2D eigenvalue weighted by atomic mass is 9.94. The minimum absolute atomic E-state index is 0.0439. The van der Waals surface area contributed by atoms with E-state index >= 15 is 0 Å². The number of carbonyl (C=O) groups is 2. The molecule has 3 rings (SSSR count). The molecule has 1 aliphatic carbocycles. The Bertz CT molecular complexity index is 460. The van der Waals surface area contributed by atoms with Crippen LogP contribution in [0, 0.1) is 0 Å². The molecule has 22 heavy (non-hydrogen) atoms. The van der Waals surface area contributed by atoms with Crippen molar-refractivity contribution in [1.82, 2.24) is 9.80 Å². The zero-order valence-electron chi connectivity index (χ0n) is 12.7. The fraction of sp³-hybridized carbons (Fsp3) is 0.800. The van der Waals surface area contributed by atoms with Gasteiger partial charge in [-0.1, -0.05) is 43.2 Å². The Morgan fingerprint density at radius 3 is 2.59 bits per heavy atom. The van der Waals surface area contributed by atoms with E-state index in [-0.39, 0.29) is 29.5 Å². The number of nitrogens with zero attached hydrogens (tertiary/aromatic N) is 2. The standard InChI is InChI=1S/C15H22N2O3S2/c18-13(16-6-8-20-9-7-16)10-12-14(19)17(15(21)22-12)11-4-2-1-3-5-11/h11-12H,1-10H2. The minimum Gasteiger partial charge on any atom is -0.378 e. The normalized spacial score (nSPS) is 27.5. The Hall–Kier alpha value is -0.660. The average Bonchev–Trinajstić information content (AvgIpc) is 2.83. The molecule has 1 saturated carbocycles. The number of hydrogen-bond donors (Lipinski definition) is 0. The van der Waals surface area contributed by atoms with Crippen molar-refractivity contribution in [3.05, 3.63) is 0 Å². The number of ether oxygens (including phenoxy) is 1. The van der Waals surface area contributed by atoms with Crippen LogP contribution in [0.3, 0.4) is 0 Å². The zero-order valence-corrected chi connectivity index (χ0v) is 14.3. The van der Waals surface area contributed by atoms with Crippen LogP contribution >= 0.6 is 24.0 Å². The number of hydrogen-bond acceptors (Lipinski definition) is 5. The van der Waals surface area contributed by atoms with E-state index in [2.05, 4.69) is 0 Å². The highest BCUT2D eigenvalue weighted by molar-refractivity contribution is 8.24. The van der Waals surface area contributed by atoms with Gasteiger partial charge in [-0.05, 0) is 12.8 Å². The van der Waals surface area contributed by atoms with E-state index in [1.807, 2.05) is 0 Å². The van der Waals surface area contributed by atoms with Crippen molar-refractivity contribution in [3.63, 3.8) is 0 Å². The summed E-state index contributed by atoms with van der Waals surface area (Å²) in [5, 5.41) is -0.329. The summed E-state index contributed by atoms with van der Waals surface area (Å²) in [5.74, 6) is 0.0888. The third kappa shape index (κ3) is 3.46. The van der Waals surface area contributed by atoms with Crippen LogP contribution in [0.1, 0.15) is 38.5 Å². The van der Waals surface area contributed by atoms with E-state index in [9.17, 15) is 9.59 Å². The summed E-state index contributed by atoms with van der Waals surface area (Å²) in [4.78, 5) is 28.6. The maximum atomic E-state index is 12.7. The number of thiocarbonyl (C=S) groups is 1. The Kier molecular flexibility index (Phi) is 5.36. The first-order chi connectivity index (χ1) is 10.7. The summed E-state index contributed by atoms with van der Waals surface area (Å²) in [7, 11) is 0. The second-order valence-electron chi connectivity index (χ2n) is 6.07. The molecule has 0 spiro atoms. The summed E-state index contributed by atoms with van der Waals surface area (Å²) in [6.07, 6.45) is 5.91. The molecule has 7 heteroatoms. The zero-order chi connectivity index (χ0) is 15.5. The van der Waals surface area contributed by atoms with Crippen molar-refractivity contribution in [1.29, 1.82) is 0 Å². The van der Waals surface area contributed by atoms with Crippen molar-refractivity contribution in [3.8, 4) is 0 Å². The lowest BCUT2D eigenvalue weighted by Crippen LogP contribution is -2.44. The monoisotopic (exact) mass is 342 g/mol. The summed E-state index contributed by atoms with van der Waals surface area (Å²) < 4.78 is 5.92. The molecule has 122 valence electrons. The van der Waals surface area contributed by atoms with Crippen molar-refractivity contribution in [2.75, 3.05) is 26.3 Å². The SMILES string of the molecule is O=C(CC1SC(=S)N(C2CCCCC2)C1=O)N1CCOCC1. The molecule has 3 fully saturated rings. The number of thioether (sulfide) groups is 1. The van der Waals surface area contributed by atoms with E-state index in [1.54, 1.807) is 9.80 Å². The Labute approximate surface area is 140 Å². The molecule has 3 aliphatic rings. The van der Waals surface area contributed by atoms with Crippen LogP contribution in [-0.2, 0) is 14.3 Å². The molecule has 5 nitrogen and oxygen atoms in total. The minimum atomic E-state index is -0.329. The summed E-state index contributed by atoms with van der Waals surface area (Å²) in [5.41, 5.74) is 0. The van der Waals surface area contributed by atoms with Crippen molar-refractivity contribution >= 4 is 40.1 Å². The summed E-state index contributed by atoms with van der Waals surface area (Å²) in [6.45, 7) is 2.43. The molecule has 0 N–H and O–H groups in total. The third-order valence-corrected chi connectivity index (χ3v) is 6.15. The molecule has 1 atom stereocenters. The molecule has 2 amide bonds. The van der Waals surface area contributed by atoms with Gasteiger partial charge in [0.25, 0.3) is 0 Å². The first kappa shape index (κ1) is 16.2. The molecule has 0 aromatic heterocycles. The Morgan fingerprint density at radius 1 is 1.23 bits per heavy atom. The maximum absolute atomic E-state index is 12.7. The second-order valence-corrected chi connectivity index (χ2v) is 7.91. The van der Waals surface area contributed by atoms with E-state index < -0.39 is 0 Å². The largest absolute Gasteiger partial charge is 0.378 e. The quantitative estimate of drug-likeness (QED) is 0.732. The van der Waals surface area contributed by atoms with Gasteiger partial charge in [-0.15, -0.1) is 0 Å². The van der Waals surface area contributed by atoms with E-state index in [4.69, 9.17) is 17.0 Å². The Balaban J connectivity index is 1.59. The van der Waals surface area contributed by atoms with Crippen molar-refractivity contribution < 1.29 is 14.3 Å². The lowest BCUT2D eigenvalue weighted by Gasteiger charge is -2.30. The van der Waals surface area contributed by atoms with E-state index in [0.29, 0.717) is 30.6 Å². The molecule has 0 aromatic rings. The van der Waals surface area contributed by atoms with Gasteiger partial charge in [-0.2, -0.15) is 0 Å². The van der Waals surface area contributed by atoms with Gasteiger partial charge in [-0.25, -0.2) is 0 Å². The molecule has 2 saturated heterocycles. The van der Waals surface area contributed by atoms with Gasteiger partial charge in [0.1, 0.15) is 4.32 Å². The van der Waals surface area contributed by atoms with Crippen molar-refractivity contribution in [2.24, 2.45) is 0 Å². The van der Waals surface area contributed by atoms with Crippen molar-refractivity contribution in [2.45, 2.75) is 49.8 Å². The van der Waals surface area contributed by atoms with Gasteiger partial charge in [-0.3, -0.25) is 14.5 Å². The average molecular weight is 342 g/mol. The van der Waals surface area contributed by atoms with Gasteiger partial charge in [0.05, 0.1) is 18.5 Å². The second kappa shape index (κ2) is 7.27. The summed E-state index contributed by atoms with van der Waals surface area (Å²) >= 11 is 6.80. The van der Waals surface area contributed by atoms with Gasteiger partial charge in [0.2, 0.25) is 11.8 Å². The smallest absolute Gasteiger partial charge is 0.242 e. The fourth-order valence-electron chi connectivity index (χ4n) is 3.37. The highest BCUT2D eigenvalue weighted by Crippen LogP contribution is 2.35. The van der Waals surface area contributed by atoms with Crippen LogP contribution in [0.5, 0.6) is 0 Å². The fourth-order valence-corrected chi connectivity index (χ4v) is 5.00. The molecular weight excluding hydrogens is 320 g/mol. The summed E-state index contributed by atoms with van der Waals surface area (Å²) in [6, 6.07) is 0.254. The van der Waals surface area contributed by atoms with Gasteiger partial charge in [0, 0.05) is 25.6 Å². The van der Waals surface area contributed by atoms with Crippen LogP contribution < -0.4 is 0 Å². The highest BCUT2D eigenvalue weighted by atomic mass is 32.2. The number of rotatable bonds is 3. The van der Waals surface area contributed by atoms with E-state index in [1.165, 1.54) is 31.0 Å². The highest BCUT2D eigenvalue weighted by Gasteiger charge is 2.42. The van der Waals surface area contributed by atoms with Crippen LogP contribution in [0.25, 0.3) is 0 Å². The molecule has 0 bridgehead atoms. The lowest BCUT2D eigenvalue weighted by molar-refractivity contribution is -0.138. The molecule has 0 aromatic carbocycles. The number of carbonyl (C=O) groups excluding carboxylic acids is 2. The van der Waals surface area contributed by atoms with E-state index in [0.717, 1.165) is 12.8 Å². The molecule has 2 heterocycles. The predicted octanol–water partition coefficient (Wildman–Crippen LogP) is 1.80. The molecule has 1 unspecified atom stereocenters. The van der Waals surface area contributed by atoms with Gasteiger partial charge < -0.3 is 9.64 Å². The van der Waals surface area contributed by atoms with Crippen LogP contribution in [0.4, 0.5) is 0 Å². The maximum Gasteiger partial charge on any atom is 0.242 e. The topological polar surface area (TPSA) is 49.9 Å². The first-order valence-electron chi connectivity index (χ1n) is 8.06. The predicted molar refractivity (Wildman–Crippen MR) is 89.7 cm³/mol. The van der Waals surface area contributed by atoms with Gasteiger partial charge in [0.15, 0.2) is 0 Å². The number of morpholine rings is 1. The van der Waals surface area contributed by atoms with Gasteiger partial charge >= 0.3 is 0 Å². The Morgan fingerprint density at radius 2 is 1.91 bits per heavy atom. The molecule has 2 aliphatic heterocycles.